The zero-order chi connectivity index (χ0) is 30.1. The Morgan fingerprint density at radius 1 is 0.489 bits per heavy atom. The number of para-hydroxylation sites is 1. The molecule has 2 heteroatoms. The molecule has 214 valence electrons. The minimum absolute atomic E-state index is 0.0621. The van der Waals surface area contributed by atoms with E-state index in [-0.39, 0.29) is 5.41 Å². The lowest BCUT2D eigenvalue weighted by atomic mass is 9.82. The summed E-state index contributed by atoms with van der Waals surface area (Å²) >= 11 is 0. The maximum absolute atomic E-state index is 6.67. The molecule has 7 aromatic carbocycles. The van der Waals surface area contributed by atoms with E-state index < -0.39 is 0 Å². The largest absolute Gasteiger partial charge is 0.455 e. The highest BCUT2D eigenvalue weighted by molar-refractivity contribution is 6.12. The second-order valence-electron chi connectivity index (χ2n) is 12.6. The third-order valence-corrected chi connectivity index (χ3v) is 9.65. The Morgan fingerprint density at radius 3 is 2.02 bits per heavy atom. The van der Waals surface area contributed by atoms with E-state index in [1.54, 1.807) is 0 Å². The van der Waals surface area contributed by atoms with E-state index in [4.69, 9.17) is 4.42 Å². The summed E-state index contributed by atoms with van der Waals surface area (Å²) in [4.78, 5) is 2.33. The van der Waals surface area contributed by atoms with Crippen molar-refractivity contribution in [3.8, 4) is 22.3 Å². The Bertz CT molecular complexity index is 2400. The van der Waals surface area contributed by atoms with Crippen LogP contribution in [0.5, 0.6) is 0 Å². The molecule has 1 heterocycles. The van der Waals surface area contributed by atoms with Crippen LogP contribution in [0.3, 0.4) is 0 Å². The van der Waals surface area contributed by atoms with E-state index in [1.165, 1.54) is 44.2 Å². The van der Waals surface area contributed by atoms with E-state index in [0.717, 1.165) is 39.0 Å². The molecule has 0 unspecified atom stereocenters. The summed E-state index contributed by atoms with van der Waals surface area (Å²) in [6.07, 6.45) is 0. The van der Waals surface area contributed by atoms with E-state index >= 15 is 0 Å². The molecule has 0 bridgehead atoms. The van der Waals surface area contributed by atoms with Crippen molar-refractivity contribution in [1.82, 2.24) is 0 Å². The maximum atomic E-state index is 6.67. The van der Waals surface area contributed by atoms with Crippen LogP contribution in [-0.2, 0) is 5.41 Å². The topological polar surface area (TPSA) is 16.4 Å². The van der Waals surface area contributed by atoms with Crippen molar-refractivity contribution in [3.63, 3.8) is 0 Å². The number of furan rings is 1. The molecule has 45 heavy (non-hydrogen) atoms. The van der Waals surface area contributed by atoms with Gasteiger partial charge in [-0.1, -0.05) is 117 Å². The molecule has 0 aliphatic heterocycles. The summed E-state index contributed by atoms with van der Waals surface area (Å²) in [6.45, 7) is 4.63. The third-order valence-electron chi connectivity index (χ3n) is 9.65. The van der Waals surface area contributed by atoms with E-state index in [2.05, 4.69) is 170 Å². The van der Waals surface area contributed by atoms with Crippen LogP contribution >= 0.6 is 0 Å². The number of nitrogens with zero attached hydrogens (tertiary/aromatic N) is 1. The Morgan fingerprint density at radius 2 is 1.18 bits per heavy atom. The molecule has 0 spiro atoms. The molecule has 0 N–H and O–H groups in total. The van der Waals surface area contributed by atoms with Crippen LogP contribution < -0.4 is 4.90 Å². The van der Waals surface area contributed by atoms with Crippen molar-refractivity contribution in [2.75, 3.05) is 4.90 Å². The zero-order valence-corrected chi connectivity index (χ0v) is 25.3. The Hall–Kier alpha value is -5.60. The van der Waals surface area contributed by atoms with Crippen LogP contribution in [0.2, 0.25) is 0 Å². The van der Waals surface area contributed by atoms with Gasteiger partial charge in [-0.15, -0.1) is 0 Å². The fraction of sp³-hybridized carbons (Fsp3) is 0.0698. The lowest BCUT2D eigenvalue weighted by Crippen LogP contribution is -2.14. The van der Waals surface area contributed by atoms with Gasteiger partial charge in [0.1, 0.15) is 11.2 Å². The molecule has 2 nitrogen and oxygen atoms in total. The lowest BCUT2D eigenvalue weighted by Gasteiger charge is -2.25. The Kier molecular flexibility index (Phi) is 5.58. The summed E-state index contributed by atoms with van der Waals surface area (Å²) in [6, 6.07) is 54.6. The normalized spacial score (nSPS) is 13.3. The van der Waals surface area contributed by atoms with E-state index in [0.29, 0.717) is 0 Å². The smallest absolute Gasteiger partial charge is 0.143 e. The fourth-order valence-electron chi connectivity index (χ4n) is 7.34. The van der Waals surface area contributed by atoms with Gasteiger partial charge in [-0.25, -0.2) is 0 Å². The molecule has 1 aromatic heterocycles. The van der Waals surface area contributed by atoms with Crippen LogP contribution in [0, 0.1) is 0 Å². The minimum Gasteiger partial charge on any atom is -0.455 e. The van der Waals surface area contributed by atoms with E-state index in [9.17, 15) is 0 Å². The number of fused-ring (bicyclic) bond motifs is 8. The van der Waals surface area contributed by atoms with Crippen molar-refractivity contribution in [2.24, 2.45) is 0 Å². The Balaban J connectivity index is 1.17. The molecule has 1 aliphatic carbocycles. The molecular formula is C43H31NO. The van der Waals surface area contributed by atoms with Gasteiger partial charge in [0, 0.05) is 38.8 Å². The predicted molar refractivity (Wildman–Crippen MR) is 189 cm³/mol. The number of hydrogen-bond donors (Lipinski definition) is 0. The SMILES string of the molecule is CC1(C)c2ccccc2-c2c1ccc1c2oc2ccc(N(c3ccccc3)c3ccc(-c4ccc5ccccc5c4)cc3)cc21. The van der Waals surface area contributed by atoms with Gasteiger partial charge in [0.15, 0.2) is 0 Å². The zero-order valence-electron chi connectivity index (χ0n) is 25.3. The monoisotopic (exact) mass is 577 g/mol. The molecule has 0 radical (unpaired) electrons. The predicted octanol–water partition coefficient (Wildman–Crippen LogP) is 12.2. The van der Waals surface area contributed by atoms with Crippen LogP contribution in [0.15, 0.2) is 156 Å². The van der Waals surface area contributed by atoms with Crippen molar-refractivity contribution < 1.29 is 4.42 Å². The van der Waals surface area contributed by atoms with Crippen molar-refractivity contribution in [2.45, 2.75) is 19.3 Å². The molecule has 0 atom stereocenters. The second-order valence-corrected chi connectivity index (χ2v) is 12.6. The summed E-state index contributed by atoms with van der Waals surface area (Å²) < 4.78 is 6.67. The highest BCUT2D eigenvalue weighted by atomic mass is 16.3. The number of rotatable bonds is 4. The first-order valence-electron chi connectivity index (χ1n) is 15.6. The average molecular weight is 578 g/mol. The van der Waals surface area contributed by atoms with Crippen LogP contribution in [0.25, 0.3) is 55.0 Å². The first kappa shape index (κ1) is 25.9. The Labute approximate surface area is 262 Å². The minimum atomic E-state index is -0.0621. The standard InChI is InChI=1S/C43H31NO/c1-43(2)38-15-9-8-14-36(38)41-39(43)24-23-35-37-27-34(22-25-40(37)45-42(35)41)44(32-12-4-3-5-13-32)33-20-18-29(19-21-33)31-17-16-28-10-6-7-11-30(28)26-31/h3-27H,1-2H3. The van der Waals surface area contributed by atoms with Gasteiger partial charge in [0.25, 0.3) is 0 Å². The van der Waals surface area contributed by atoms with Gasteiger partial charge in [0.05, 0.1) is 0 Å². The van der Waals surface area contributed by atoms with Crippen LogP contribution in [0.1, 0.15) is 25.0 Å². The van der Waals surface area contributed by atoms with Crippen molar-refractivity contribution in [3.05, 3.63) is 163 Å². The molecular weight excluding hydrogens is 546 g/mol. The number of benzene rings is 7. The average Bonchev–Trinajstić information content (AvgIpc) is 3.57. The quantitative estimate of drug-likeness (QED) is 0.207. The molecule has 0 saturated heterocycles. The highest BCUT2D eigenvalue weighted by Gasteiger charge is 2.37. The maximum Gasteiger partial charge on any atom is 0.143 e. The fourth-order valence-corrected chi connectivity index (χ4v) is 7.34. The molecule has 1 aliphatic rings. The van der Waals surface area contributed by atoms with Gasteiger partial charge in [-0.05, 0) is 87.1 Å². The number of anilines is 3. The van der Waals surface area contributed by atoms with Crippen LogP contribution in [0.4, 0.5) is 17.1 Å². The van der Waals surface area contributed by atoms with Gasteiger partial charge in [0.2, 0.25) is 0 Å². The first-order chi connectivity index (χ1) is 22.1. The summed E-state index contributed by atoms with van der Waals surface area (Å²) in [7, 11) is 0. The molecule has 0 saturated carbocycles. The van der Waals surface area contributed by atoms with Gasteiger partial charge in [-0.3, -0.25) is 0 Å². The highest BCUT2D eigenvalue weighted by Crippen LogP contribution is 2.52. The van der Waals surface area contributed by atoms with Gasteiger partial charge < -0.3 is 9.32 Å². The first-order valence-corrected chi connectivity index (χ1v) is 15.6. The molecule has 8 aromatic rings. The van der Waals surface area contributed by atoms with Crippen LogP contribution in [-0.4, -0.2) is 0 Å². The summed E-state index contributed by atoms with van der Waals surface area (Å²) in [5, 5.41) is 4.79. The van der Waals surface area contributed by atoms with Gasteiger partial charge in [-0.2, -0.15) is 0 Å². The summed E-state index contributed by atoms with van der Waals surface area (Å²) in [5.41, 5.74) is 12.7. The number of hydrogen-bond acceptors (Lipinski definition) is 2. The van der Waals surface area contributed by atoms with Gasteiger partial charge >= 0.3 is 0 Å². The lowest BCUT2D eigenvalue weighted by molar-refractivity contribution is 0.653. The van der Waals surface area contributed by atoms with Crippen molar-refractivity contribution >= 4 is 49.8 Å². The molecule has 0 fully saturated rings. The summed E-state index contributed by atoms with van der Waals surface area (Å²) in [5.74, 6) is 0. The molecule has 0 amide bonds. The second kappa shape index (κ2) is 9.70. The molecule has 9 rings (SSSR count). The van der Waals surface area contributed by atoms with E-state index in [1.807, 2.05) is 0 Å². The van der Waals surface area contributed by atoms with Crippen molar-refractivity contribution in [1.29, 1.82) is 0 Å². The third kappa shape index (κ3) is 3.96.